The van der Waals surface area contributed by atoms with Gasteiger partial charge in [0.15, 0.2) is 5.84 Å². The highest BCUT2D eigenvalue weighted by molar-refractivity contribution is 7.80. The topological polar surface area (TPSA) is 181 Å². The van der Waals surface area contributed by atoms with Crippen molar-refractivity contribution in [1.29, 1.82) is 10.8 Å². The minimum atomic E-state index is -1.02. The summed E-state index contributed by atoms with van der Waals surface area (Å²) in [5.41, 5.74) is 12.9. The second kappa shape index (κ2) is 11.7. The molecule has 178 valence electrons. The number of aryl methyl sites for hydroxylation is 1. The van der Waals surface area contributed by atoms with E-state index in [1.165, 1.54) is 6.07 Å². The average molecular weight is 482 g/mol. The minimum absolute atomic E-state index is 0.00984. The zero-order valence-electron chi connectivity index (χ0n) is 18.5. The van der Waals surface area contributed by atoms with Crippen LogP contribution in [-0.2, 0) is 11.2 Å². The van der Waals surface area contributed by atoms with Crippen LogP contribution in [-0.4, -0.2) is 39.4 Å². The molecule has 0 aliphatic heterocycles. The molecular formula is C24H27N5O4S. The zero-order chi connectivity index (χ0) is 25.4. The minimum Gasteiger partial charge on any atom is -0.508 e. The molecular weight excluding hydrogens is 454 g/mol. The molecule has 9 nitrogen and oxygen atoms in total. The van der Waals surface area contributed by atoms with Gasteiger partial charge in [-0.1, -0.05) is 29.8 Å². The van der Waals surface area contributed by atoms with Gasteiger partial charge in [-0.3, -0.25) is 20.5 Å². The summed E-state index contributed by atoms with van der Waals surface area (Å²) in [6.07, 6.45) is 0.828. The van der Waals surface area contributed by atoms with Gasteiger partial charge in [0.2, 0.25) is 0 Å². The van der Waals surface area contributed by atoms with Crippen molar-refractivity contribution >= 4 is 35.9 Å². The highest BCUT2D eigenvalue weighted by atomic mass is 32.1. The van der Waals surface area contributed by atoms with E-state index >= 15 is 0 Å². The van der Waals surface area contributed by atoms with Gasteiger partial charge >= 0.3 is 0 Å². The number of hydrogen-bond acceptors (Lipinski definition) is 8. The fraction of sp³-hybridized carbons (Fsp3) is 0.125. The molecule has 0 unspecified atom stereocenters. The Hall–Kier alpha value is -4.02. The maximum Gasteiger partial charge on any atom is 0.284 e. The molecule has 0 atom stereocenters. The van der Waals surface area contributed by atoms with Gasteiger partial charge in [-0.2, -0.15) is 0 Å². The van der Waals surface area contributed by atoms with Crippen molar-refractivity contribution in [3.8, 4) is 17.2 Å². The third-order valence-electron chi connectivity index (χ3n) is 4.66. The average Bonchev–Trinajstić information content (AvgIpc) is 2.78. The summed E-state index contributed by atoms with van der Waals surface area (Å²) in [6.45, 7) is 2.50. The quantitative estimate of drug-likeness (QED) is 0.161. The lowest BCUT2D eigenvalue weighted by Crippen LogP contribution is -2.44. The van der Waals surface area contributed by atoms with Crippen molar-refractivity contribution in [3.05, 3.63) is 77.4 Å². The molecule has 0 saturated heterocycles. The Morgan fingerprint density at radius 3 is 2.21 bits per heavy atom. The predicted molar refractivity (Wildman–Crippen MR) is 135 cm³/mol. The van der Waals surface area contributed by atoms with Crippen LogP contribution < -0.4 is 16.4 Å². The Morgan fingerprint density at radius 2 is 1.65 bits per heavy atom. The van der Waals surface area contributed by atoms with Gasteiger partial charge in [-0.25, -0.2) is 0 Å². The van der Waals surface area contributed by atoms with Gasteiger partial charge < -0.3 is 26.8 Å². The van der Waals surface area contributed by atoms with E-state index in [4.69, 9.17) is 27.4 Å². The fourth-order valence-corrected chi connectivity index (χ4v) is 3.12. The summed E-state index contributed by atoms with van der Waals surface area (Å²) in [5.74, 6) is -2.33. The van der Waals surface area contributed by atoms with Gasteiger partial charge in [0, 0.05) is 16.6 Å². The number of carbonyl (C=O) groups is 1. The van der Waals surface area contributed by atoms with E-state index < -0.39 is 11.7 Å². The summed E-state index contributed by atoms with van der Waals surface area (Å²) in [4.78, 5) is 12.6. The van der Waals surface area contributed by atoms with E-state index in [-0.39, 0.29) is 27.8 Å². The molecule has 0 aliphatic carbocycles. The number of carbonyl (C=O) groups excluding carboxylic acids is 1. The van der Waals surface area contributed by atoms with Crippen LogP contribution in [0, 0.1) is 17.7 Å². The first-order chi connectivity index (χ1) is 16.0. The molecule has 0 saturated carbocycles. The first-order valence-electron chi connectivity index (χ1n) is 10.1. The highest BCUT2D eigenvalue weighted by Gasteiger charge is 2.25. The van der Waals surface area contributed by atoms with Crippen LogP contribution in [0.25, 0.3) is 0 Å². The Morgan fingerprint density at radius 1 is 1.00 bits per heavy atom. The van der Waals surface area contributed by atoms with Crippen molar-refractivity contribution < 1.29 is 20.1 Å². The molecule has 34 heavy (non-hydrogen) atoms. The van der Waals surface area contributed by atoms with Crippen LogP contribution in [0.15, 0.2) is 65.6 Å². The number of hydrogen-bond donors (Lipinski definition) is 8. The molecule has 3 aromatic carbocycles. The summed E-state index contributed by atoms with van der Waals surface area (Å²) < 4.78 is 0. The van der Waals surface area contributed by atoms with Gasteiger partial charge in [0.05, 0.1) is 5.56 Å². The normalized spacial score (nSPS) is 10.1. The van der Waals surface area contributed by atoms with E-state index in [9.17, 15) is 15.0 Å². The maximum absolute atomic E-state index is 11.5. The Kier molecular flexibility index (Phi) is 9.05. The van der Waals surface area contributed by atoms with Gasteiger partial charge in [0.1, 0.15) is 23.1 Å². The van der Waals surface area contributed by atoms with Crippen LogP contribution in [0.1, 0.15) is 16.7 Å². The number of anilines is 1. The third-order valence-corrected chi connectivity index (χ3v) is 5.02. The zero-order valence-corrected chi connectivity index (χ0v) is 19.4. The molecule has 0 spiro atoms. The van der Waals surface area contributed by atoms with E-state index in [1.807, 2.05) is 19.1 Å². The fourth-order valence-electron chi connectivity index (χ4n) is 2.93. The van der Waals surface area contributed by atoms with Gasteiger partial charge in [-0.05, 0) is 55.8 Å². The van der Waals surface area contributed by atoms with E-state index in [0.717, 1.165) is 28.5 Å². The van der Waals surface area contributed by atoms with Crippen LogP contribution >= 0.6 is 12.6 Å². The number of rotatable bonds is 4. The van der Waals surface area contributed by atoms with E-state index in [2.05, 4.69) is 12.6 Å². The first-order valence-corrected chi connectivity index (χ1v) is 10.6. The number of phenolic OH excluding ortho intramolecular Hbond substituents is 3. The second-order valence-electron chi connectivity index (χ2n) is 7.30. The monoisotopic (exact) mass is 481 g/mol. The lowest BCUT2D eigenvalue weighted by Gasteiger charge is -2.25. The predicted octanol–water partition coefficient (Wildman–Crippen LogP) is 2.88. The van der Waals surface area contributed by atoms with Crippen molar-refractivity contribution in [2.45, 2.75) is 18.2 Å². The SMILES string of the molecule is Cc1ccc(N(C(=N)C(N)=O)C(=N)c2cc(S)c(O)cc2O)cc1.NCCc1cccc(O)c1. The van der Waals surface area contributed by atoms with E-state index in [0.29, 0.717) is 18.0 Å². The summed E-state index contributed by atoms with van der Waals surface area (Å²) in [5, 5.41) is 44.8. The molecule has 0 aliphatic rings. The number of nitrogens with one attached hydrogen (secondary N) is 2. The maximum atomic E-state index is 11.5. The number of amides is 1. The molecule has 0 fully saturated rings. The number of nitrogens with two attached hydrogens (primary N) is 2. The number of benzene rings is 3. The van der Waals surface area contributed by atoms with Crippen LogP contribution in [0.2, 0.25) is 0 Å². The molecule has 9 N–H and O–H groups in total. The summed E-state index contributed by atoms with van der Waals surface area (Å²) >= 11 is 4.05. The van der Waals surface area contributed by atoms with Crippen molar-refractivity contribution in [3.63, 3.8) is 0 Å². The number of phenols is 3. The Balaban J connectivity index is 0.000000340. The number of aromatic hydroxyl groups is 3. The first kappa shape index (κ1) is 26.2. The Labute approximate surface area is 202 Å². The number of nitrogens with zero attached hydrogens (tertiary/aromatic N) is 1. The number of thiol groups is 1. The van der Waals surface area contributed by atoms with Crippen LogP contribution in [0.3, 0.4) is 0 Å². The molecule has 10 heteroatoms. The largest absolute Gasteiger partial charge is 0.508 e. The molecule has 0 heterocycles. The van der Waals surface area contributed by atoms with Crippen molar-refractivity contribution in [2.75, 3.05) is 11.4 Å². The smallest absolute Gasteiger partial charge is 0.284 e. The lowest BCUT2D eigenvalue weighted by atomic mass is 10.1. The van der Waals surface area contributed by atoms with Crippen molar-refractivity contribution in [1.82, 2.24) is 0 Å². The van der Waals surface area contributed by atoms with Gasteiger partial charge in [0.25, 0.3) is 5.91 Å². The van der Waals surface area contributed by atoms with Crippen molar-refractivity contribution in [2.24, 2.45) is 11.5 Å². The third kappa shape index (κ3) is 6.74. The second-order valence-corrected chi connectivity index (χ2v) is 7.78. The van der Waals surface area contributed by atoms with Gasteiger partial charge in [-0.15, -0.1) is 12.6 Å². The van der Waals surface area contributed by atoms with Crippen LogP contribution in [0.5, 0.6) is 17.2 Å². The van der Waals surface area contributed by atoms with E-state index in [1.54, 1.807) is 36.4 Å². The molecule has 1 amide bonds. The summed E-state index contributed by atoms with van der Waals surface area (Å²) in [6, 6.07) is 16.2. The molecule has 0 aromatic heterocycles. The standard InChI is InChI=1S/C16H16N4O3S.C8H11NO/c1-8-2-4-9(5-3-8)20(15(18)16(19)23)14(17)10-6-13(24)12(22)7-11(10)21;9-5-4-7-2-1-3-8(10)6-7/h2-7,17-18,21-22,24H,1H3,(H2,19,23);1-3,6,10H,4-5,9H2. The number of amidine groups is 2. The lowest BCUT2D eigenvalue weighted by molar-refractivity contribution is -0.112. The highest BCUT2D eigenvalue weighted by Crippen LogP contribution is 2.31. The Bertz CT molecular complexity index is 1200. The molecule has 3 rings (SSSR count). The number of primary amides is 1. The summed E-state index contributed by atoms with van der Waals surface area (Å²) in [7, 11) is 0. The van der Waals surface area contributed by atoms with Crippen LogP contribution in [0.4, 0.5) is 5.69 Å². The molecule has 0 radical (unpaired) electrons. The molecule has 0 bridgehead atoms. The molecule has 3 aromatic rings.